The van der Waals surface area contributed by atoms with E-state index in [1.54, 1.807) is 0 Å². The number of carbonyl (C=O) groups is 1. The van der Waals surface area contributed by atoms with Gasteiger partial charge in [-0.15, -0.1) is 0 Å². The quantitative estimate of drug-likeness (QED) is 0.486. The smallest absolute Gasteiger partial charge is 0.426 e. The maximum absolute atomic E-state index is 12.1. The summed E-state index contributed by atoms with van der Waals surface area (Å²) in [4.78, 5) is 12.1. The van der Waals surface area contributed by atoms with Crippen molar-refractivity contribution in [3.05, 3.63) is 65.7 Å². The van der Waals surface area contributed by atoms with Crippen molar-refractivity contribution >= 4 is 6.16 Å². The summed E-state index contributed by atoms with van der Waals surface area (Å²) in [5, 5.41) is 0. The molecule has 0 N–H and O–H groups in total. The molecular weight excluding hydrogens is 288 g/mol. The van der Waals surface area contributed by atoms with Crippen molar-refractivity contribution in [2.75, 3.05) is 0 Å². The van der Waals surface area contributed by atoms with Crippen molar-refractivity contribution in [1.29, 1.82) is 0 Å². The van der Waals surface area contributed by atoms with Gasteiger partial charge in [-0.2, -0.15) is 0 Å². The number of hydrogen-bond donors (Lipinski definition) is 0. The molecule has 0 aromatic heterocycles. The van der Waals surface area contributed by atoms with Crippen molar-refractivity contribution in [3.8, 4) is 5.75 Å². The number of aryl methyl sites for hydroxylation is 1. The van der Waals surface area contributed by atoms with Crippen LogP contribution in [0.25, 0.3) is 0 Å². The summed E-state index contributed by atoms with van der Waals surface area (Å²) in [5.41, 5.74) is 2.02. The highest BCUT2D eigenvalue weighted by atomic mass is 16.7. The van der Waals surface area contributed by atoms with Crippen LogP contribution in [0.1, 0.15) is 50.3 Å². The van der Waals surface area contributed by atoms with Crippen LogP contribution in [0.5, 0.6) is 5.75 Å². The summed E-state index contributed by atoms with van der Waals surface area (Å²) in [6.07, 6.45) is 2.84. The average Bonchev–Trinajstić information content (AvgIpc) is 2.59. The average molecular weight is 312 g/mol. The van der Waals surface area contributed by atoms with Crippen LogP contribution in [0.4, 0.5) is 4.79 Å². The van der Waals surface area contributed by atoms with Crippen molar-refractivity contribution in [3.63, 3.8) is 0 Å². The van der Waals surface area contributed by atoms with Crippen LogP contribution < -0.4 is 4.74 Å². The molecule has 1 atom stereocenters. The fraction of sp³-hybridized carbons (Fsp3) is 0.350. The Kier molecular flexibility index (Phi) is 6.67. The third-order valence-corrected chi connectivity index (χ3v) is 3.75. The summed E-state index contributed by atoms with van der Waals surface area (Å²) in [7, 11) is 0. The van der Waals surface area contributed by atoms with E-state index >= 15 is 0 Å². The van der Waals surface area contributed by atoms with Gasteiger partial charge >= 0.3 is 6.16 Å². The molecule has 122 valence electrons. The lowest BCUT2D eigenvalue weighted by atomic mass is 10.1. The van der Waals surface area contributed by atoms with Gasteiger partial charge in [0.15, 0.2) is 0 Å². The molecule has 2 rings (SSSR count). The molecule has 0 amide bonds. The van der Waals surface area contributed by atoms with Crippen LogP contribution in [-0.2, 0) is 11.2 Å². The molecular formula is C20H24O3. The Bertz CT molecular complexity index is 607. The van der Waals surface area contributed by atoms with Crippen LogP contribution in [0.2, 0.25) is 0 Å². The zero-order valence-corrected chi connectivity index (χ0v) is 13.8. The zero-order chi connectivity index (χ0) is 16.5. The molecule has 0 saturated carbocycles. The first kappa shape index (κ1) is 17.1. The second-order valence-corrected chi connectivity index (χ2v) is 5.49. The lowest BCUT2D eigenvalue weighted by molar-refractivity contribution is 0.0558. The van der Waals surface area contributed by atoms with Crippen LogP contribution in [-0.4, -0.2) is 6.16 Å². The largest absolute Gasteiger partial charge is 0.514 e. The van der Waals surface area contributed by atoms with Gasteiger partial charge in [-0.3, -0.25) is 0 Å². The maximum Gasteiger partial charge on any atom is 0.514 e. The summed E-state index contributed by atoms with van der Waals surface area (Å²) in [5.74, 6) is 0.592. The predicted octanol–water partition coefficient (Wildman–Crippen LogP) is 5.70. The Morgan fingerprint density at radius 2 is 1.70 bits per heavy atom. The molecule has 0 aliphatic rings. The van der Waals surface area contributed by atoms with Gasteiger partial charge in [-0.05, 0) is 36.5 Å². The maximum atomic E-state index is 12.1. The van der Waals surface area contributed by atoms with Crippen LogP contribution in [0.3, 0.4) is 0 Å². The normalized spacial score (nSPS) is 11.7. The van der Waals surface area contributed by atoms with Gasteiger partial charge in [0.05, 0.1) is 0 Å². The Morgan fingerprint density at radius 3 is 2.39 bits per heavy atom. The fourth-order valence-corrected chi connectivity index (χ4v) is 2.46. The molecule has 0 aliphatic carbocycles. The number of ether oxygens (including phenoxy) is 2. The van der Waals surface area contributed by atoms with E-state index < -0.39 is 6.16 Å². The highest BCUT2D eigenvalue weighted by molar-refractivity contribution is 5.65. The standard InChI is InChI=1S/C20H24O3/c1-3-5-11-17-14-9-10-15-19(17)23-20(21)22-18(4-2)16-12-7-6-8-13-16/h6-10,12-15,18H,3-5,11H2,1-2H3. The molecule has 0 saturated heterocycles. The van der Waals surface area contributed by atoms with Gasteiger partial charge in [0.25, 0.3) is 0 Å². The summed E-state index contributed by atoms with van der Waals surface area (Å²) in [6.45, 7) is 4.13. The van der Waals surface area contributed by atoms with Crippen LogP contribution in [0.15, 0.2) is 54.6 Å². The molecule has 0 aliphatic heterocycles. The first-order valence-electron chi connectivity index (χ1n) is 8.25. The first-order valence-corrected chi connectivity index (χ1v) is 8.25. The lowest BCUT2D eigenvalue weighted by Gasteiger charge is -2.17. The monoisotopic (exact) mass is 312 g/mol. The number of benzene rings is 2. The van der Waals surface area contributed by atoms with Crippen molar-refractivity contribution in [2.45, 2.75) is 45.6 Å². The van der Waals surface area contributed by atoms with E-state index in [0.29, 0.717) is 12.2 Å². The Morgan fingerprint density at radius 1 is 1.00 bits per heavy atom. The number of carbonyl (C=O) groups excluding carboxylic acids is 1. The van der Waals surface area contributed by atoms with E-state index in [9.17, 15) is 4.79 Å². The second-order valence-electron chi connectivity index (χ2n) is 5.49. The van der Waals surface area contributed by atoms with E-state index in [4.69, 9.17) is 9.47 Å². The number of rotatable bonds is 7. The molecule has 2 aromatic carbocycles. The van der Waals surface area contributed by atoms with E-state index in [0.717, 1.165) is 30.4 Å². The number of hydrogen-bond acceptors (Lipinski definition) is 3. The van der Waals surface area contributed by atoms with E-state index in [2.05, 4.69) is 6.92 Å². The molecule has 2 aromatic rings. The van der Waals surface area contributed by atoms with Gasteiger partial charge in [-0.25, -0.2) is 4.79 Å². The number of unbranched alkanes of at least 4 members (excludes halogenated alkanes) is 1. The van der Waals surface area contributed by atoms with Gasteiger partial charge in [-0.1, -0.05) is 68.8 Å². The SMILES string of the molecule is CCCCc1ccccc1OC(=O)OC(CC)c1ccccc1. The van der Waals surface area contributed by atoms with Gasteiger partial charge in [0.2, 0.25) is 0 Å². The van der Waals surface area contributed by atoms with Gasteiger partial charge in [0, 0.05) is 0 Å². The highest BCUT2D eigenvalue weighted by Crippen LogP contribution is 2.24. The highest BCUT2D eigenvalue weighted by Gasteiger charge is 2.17. The molecule has 0 bridgehead atoms. The van der Waals surface area contributed by atoms with E-state index in [1.807, 2.05) is 61.5 Å². The van der Waals surface area contributed by atoms with Crippen LogP contribution >= 0.6 is 0 Å². The molecule has 0 radical (unpaired) electrons. The molecule has 3 nitrogen and oxygen atoms in total. The molecule has 3 heteroatoms. The summed E-state index contributed by atoms with van der Waals surface area (Å²) >= 11 is 0. The molecule has 1 unspecified atom stereocenters. The number of para-hydroxylation sites is 1. The Balaban J connectivity index is 2.01. The zero-order valence-electron chi connectivity index (χ0n) is 13.8. The van der Waals surface area contributed by atoms with Crippen molar-refractivity contribution in [1.82, 2.24) is 0 Å². The summed E-state index contributed by atoms with van der Waals surface area (Å²) in [6, 6.07) is 17.4. The second kappa shape index (κ2) is 8.99. The Labute approximate surface area is 138 Å². The molecule has 0 fully saturated rings. The van der Waals surface area contributed by atoms with Gasteiger partial charge < -0.3 is 9.47 Å². The van der Waals surface area contributed by atoms with Crippen molar-refractivity contribution in [2.24, 2.45) is 0 Å². The van der Waals surface area contributed by atoms with E-state index in [-0.39, 0.29) is 6.10 Å². The van der Waals surface area contributed by atoms with Crippen LogP contribution in [0, 0.1) is 0 Å². The first-order chi connectivity index (χ1) is 11.2. The minimum Gasteiger partial charge on any atom is -0.426 e. The van der Waals surface area contributed by atoms with Gasteiger partial charge in [0.1, 0.15) is 11.9 Å². The summed E-state index contributed by atoms with van der Waals surface area (Å²) < 4.78 is 10.9. The minimum atomic E-state index is -0.648. The molecule has 23 heavy (non-hydrogen) atoms. The van der Waals surface area contributed by atoms with Crippen molar-refractivity contribution < 1.29 is 14.3 Å². The molecule has 0 spiro atoms. The third-order valence-electron chi connectivity index (χ3n) is 3.75. The van der Waals surface area contributed by atoms with E-state index in [1.165, 1.54) is 0 Å². The lowest BCUT2D eigenvalue weighted by Crippen LogP contribution is -2.15. The predicted molar refractivity (Wildman–Crippen MR) is 91.6 cm³/mol. The third kappa shape index (κ3) is 5.13. The Hall–Kier alpha value is -2.29. The fourth-order valence-electron chi connectivity index (χ4n) is 2.46. The molecule has 0 heterocycles. The topological polar surface area (TPSA) is 35.5 Å². The minimum absolute atomic E-state index is 0.286.